The predicted molar refractivity (Wildman–Crippen MR) is 79.7 cm³/mol. The Kier molecular flexibility index (Phi) is 5.70. The Labute approximate surface area is 133 Å². The van der Waals surface area contributed by atoms with E-state index in [1.165, 1.54) is 17.0 Å². The number of benzene rings is 1. The van der Waals surface area contributed by atoms with E-state index in [1.807, 2.05) is 0 Å². The maximum atomic E-state index is 12.2. The van der Waals surface area contributed by atoms with E-state index < -0.39 is 14.9 Å². The molecule has 8 nitrogen and oxygen atoms in total. The molecular formula is C12H17ClN3O5S+. The number of nitro benzene ring substituents is 1. The van der Waals surface area contributed by atoms with Gasteiger partial charge in [0.15, 0.2) is 0 Å². The molecule has 0 aliphatic carbocycles. The minimum Gasteiger partial charge on any atom is -0.370 e. The molecule has 2 N–H and O–H groups in total. The fourth-order valence-electron chi connectivity index (χ4n) is 2.16. The van der Waals surface area contributed by atoms with Crippen LogP contribution in [0.25, 0.3) is 0 Å². The number of nitrogens with one attached hydrogen (secondary N) is 2. The number of hydrogen-bond acceptors (Lipinski definition) is 5. The van der Waals surface area contributed by atoms with Crippen LogP contribution in [-0.2, 0) is 14.8 Å². The van der Waals surface area contributed by atoms with E-state index in [4.69, 9.17) is 16.3 Å². The van der Waals surface area contributed by atoms with Crippen molar-refractivity contribution in [3.63, 3.8) is 0 Å². The maximum absolute atomic E-state index is 12.2. The molecule has 1 saturated heterocycles. The fourth-order valence-corrected chi connectivity index (χ4v) is 3.71. The lowest BCUT2D eigenvalue weighted by Gasteiger charge is -2.23. The van der Waals surface area contributed by atoms with Crippen molar-refractivity contribution in [2.24, 2.45) is 0 Å². The van der Waals surface area contributed by atoms with Crippen molar-refractivity contribution < 1.29 is 23.0 Å². The highest BCUT2D eigenvalue weighted by atomic mass is 35.5. The van der Waals surface area contributed by atoms with Gasteiger partial charge in [-0.1, -0.05) is 11.6 Å². The standard InChI is InChI=1S/C12H16ClN3O5S/c13-11-2-1-10(16(17)18)9-12(11)22(19,20)14-3-4-15-5-7-21-8-6-15/h1-2,9,14H,3-8H2/p+1. The normalized spacial score (nSPS) is 16.6. The highest BCUT2D eigenvalue weighted by Gasteiger charge is 2.22. The Morgan fingerprint density at radius 2 is 2.05 bits per heavy atom. The lowest BCUT2D eigenvalue weighted by Crippen LogP contribution is -3.14. The van der Waals surface area contributed by atoms with E-state index in [2.05, 4.69) is 4.72 Å². The summed E-state index contributed by atoms with van der Waals surface area (Å²) in [6.45, 7) is 3.85. The van der Waals surface area contributed by atoms with E-state index in [0.29, 0.717) is 19.8 Å². The molecule has 122 valence electrons. The minimum absolute atomic E-state index is 0.0446. The van der Waals surface area contributed by atoms with Crippen LogP contribution in [-0.4, -0.2) is 52.7 Å². The molecule has 1 aliphatic rings. The van der Waals surface area contributed by atoms with Crippen molar-refractivity contribution in [3.05, 3.63) is 33.3 Å². The largest absolute Gasteiger partial charge is 0.370 e. The summed E-state index contributed by atoms with van der Waals surface area (Å²) in [5.74, 6) is 0. The topological polar surface area (TPSA) is 103 Å². The molecule has 22 heavy (non-hydrogen) atoms. The molecule has 0 saturated carbocycles. The van der Waals surface area contributed by atoms with Crippen molar-refractivity contribution in [1.29, 1.82) is 0 Å². The molecule has 0 radical (unpaired) electrons. The molecule has 0 bridgehead atoms. The number of halogens is 1. The van der Waals surface area contributed by atoms with E-state index in [1.54, 1.807) is 0 Å². The molecule has 0 amide bonds. The first-order valence-corrected chi connectivity index (χ1v) is 8.61. The summed E-state index contributed by atoms with van der Waals surface area (Å²) >= 11 is 5.85. The monoisotopic (exact) mass is 350 g/mol. The van der Waals surface area contributed by atoms with Gasteiger partial charge in [-0.25, -0.2) is 13.1 Å². The van der Waals surface area contributed by atoms with Gasteiger partial charge in [-0.2, -0.15) is 0 Å². The summed E-state index contributed by atoms with van der Waals surface area (Å²) in [7, 11) is -3.88. The van der Waals surface area contributed by atoms with Gasteiger partial charge in [0, 0.05) is 12.1 Å². The summed E-state index contributed by atoms with van der Waals surface area (Å²) in [6.07, 6.45) is 0. The first-order chi connectivity index (χ1) is 10.4. The van der Waals surface area contributed by atoms with Crippen LogP contribution in [0.2, 0.25) is 5.02 Å². The average Bonchev–Trinajstić information content (AvgIpc) is 2.48. The molecular weight excluding hydrogens is 334 g/mol. The smallest absolute Gasteiger partial charge is 0.270 e. The Hall–Kier alpha value is -1.26. The SMILES string of the molecule is O=[N+]([O-])c1ccc(Cl)c(S(=O)(=O)NCC[NH+]2CCOCC2)c1. The molecule has 0 atom stereocenters. The fraction of sp³-hybridized carbons (Fsp3) is 0.500. The Morgan fingerprint density at radius 1 is 1.36 bits per heavy atom. The number of ether oxygens (including phenoxy) is 1. The number of quaternary nitrogens is 1. The van der Waals surface area contributed by atoms with Gasteiger partial charge < -0.3 is 9.64 Å². The van der Waals surface area contributed by atoms with E-state index in [9.17, 15) is 18.5 Å². The van der Waals surface area contributed by atoms with Gasteiger partial charge in [0.25, 0.3) is 5.69 Å². The Balaban J connectivity index is 2.03. The molecule has 0 unspecified atom stereocenters. The molecule has 2 rings (SSSR count). The van der Waals surface area contributed by atoms with Crippen molar-refractivity contribution >= 4 is 27.3 Å². The van der Waals surface area contributed by atoms with E-state index in [-0.39, 0.29) is 22.2 Å². The Morgan fingerprint density at radius 3 is 2.68 bits per heavy atom. The summed E-state index contributed by atoms with van der Waals surface area (Å²) < 4.78 is 32.1. The van der Waals surface area contributed by atoms with Crippen LogP contribution in [0.5, 0.6) is 0 Å². The van der Waals surface area contributed by atoms with Crippen molar-refractivity contribution in [3.8, 4) is 0 Å². The number of sulfonamides is 1. The van der Waals surface area contributed by atoms with Crippen LogP contribution in [0.4, 0.5) is 5.69 Å². The second kappa shape index (κ2) is 7.34. The third kappa shape index (κ3) is 4.37. The zero-order valence-electron chi connectivity index (χ0n) is 11.7. The third-order valence-corrected chi connectivity index (χ3v) is 5.33. The van der Waals surface area contributed by atoms with E-state index in [0.717, 1.165) is 19.2 Å². The van der Waals surface area contributed by atoms with Crippen molar-refractivity contribution in [2.45, 2.75) is 4.90 Å². The molecule has 0 aromatic heterocycles. The highest BCUT2D eigenvalue weighted by molar-refractivity contribution is 7.89. The number of non-ortho nitro benzene ring substituents is 1. The summed E-state index contributed by atoms with van der Waals surface area (Å²) in [4.78, 5) is 11.1. The van der Waals surface area contributed by atoms with Crippen LogP contribution < -0.4 is 9.62 Å². The molecule has 1 heterocycles. The van der Waals surface area contributed by atoms with Crippen LogP contribution in [0, 0.1) is 10.1 Å². The zero-order chi connectivity index (χ0) is 16.2. The average molecular weight is 351 g/mol. The van der Waals surface area contributed by atoms with E-state index >= 15 is 0 Å². The lowest BCUT2D eigenvalue weighted by molar-refractivity contribution is -0.906. The quantitative estimate of drug-likeness (QED) is 0.529. The van der Waals surface area contributed by atoms with Crippen LogP contribution in [0.3, 0.4) is 0 Å². The molecule has 1 aliphatic heterocycles. The van der Waals surface area contributed by atoms with Crippen molar-refractivity contribution in [2.75, 3.05) is 39.4 Å². The molecule has 0 spiro atoms. The zero-order valence-corrected chi connectivity index (χ0v) is 13.3. The van der Waals surface area contributed by atoms with Gasteiger partial charge in [0.05, 0.1) is 36.2 Å². The van der Waals surface area contributed by atoms with Gasteiger partial charge in [0.2, 0.25) is 10.0 Å². The van der Waals surface area contributed by atoms with Gasteiger partial charge in [0.1, 0.15) is 18.0 Å². The van der Waals surface area contributed by atoms with Crippen LogP contribution in [0.15, 0.2) is 23.1 Å². The highest BCUT2D eigenvalue weighted by Crippen LogP contribution is 2.25. The maximum Gasteiger partial charge on any atom is 0.270 e. The molecule has 1 fully saturated rings. The lowest BCUT2D eigenvalue weighted by atomic mass is 10.3. The van der Waals surface area contributed by atoms with Crippen LogP contribution >= 0.6 is 11.6 Å². The predicted octanol–water partition coefficient (Wildman–Crippen LogP) is -0.558. The van der Waals surface area contributed by atoms with Gasteiger partial charge in [-0.05, 0) is 6.07 Å². The summed E-state index contributed by atoms with van der Waals surface area (Å²) in [5, 5.41) is 10.7. The number of morpholine rings is 1. The number of nitro groups is 1. The minimum atomic E-state index is -3.88. The van der Waals surface area contributed by atoms with Crippen LogP contribution in [0.1, 0.15) is 0 Å². The number of nitrogens with zero attached hydrogens (tertiary/aromatic N) is 1. The second-order valence-electron chi connectivity index (χ2n) is 4.88. The van der Waals surface area contributed by atoms with Crippen molar-refractivity contribution in [1.82, 2.24) is 4.72 Å². The summed E-state index contributed by atoms with van der Waals surface area (Å²) in [5.41, 5.74) is -0.316. The first kappa shape index (κ1) is 17.1. The summed E-state index contributed by atoms with van der Waals surface area (Å²) in [6, 6.07) is 3.34. The number of rotatable bonds is 6. The van der Waals surface area contributed by atoms with Gasteiger partial charge >= 0.3 is 0 Å². The number of hydrogen-bond donors (Lipinski definition) is 2. The molecule has 10 heteroatoms. The third-order valence-electron chi connectivity index (χ3n) is 3.39. The van der Waals surface area contributed by atoms with Gasteiger partial charge in [-0.3, -0.25) is 10.1 Å². The first-order valence-electron chi connectivity index (χ1n) is 6.75. The molecule has 1 aromatic rings. The van der Waals surface area contributed by atoms with Gasteiger partial charge in [-0.15, -0.1) is 0 Å². The Bertz CT molecular complexity index is 646. The second-order valence-corrected chi connectivity index (χ2v) is 7.02. The molecule has 1 aromatic carbocycles.